The van der Waals surface area contributed by atoms with Crippen LogP contribution in [-0.4, -0.2) is 36.1 Å². The number of nitrogens with one attached hydrogen (secondary N) is 1. The van der Waals surface area contributed by atoms with Crippen molar-refractivity contribution in [2.45, 2.75) is 78.3 Å². The van der Waals surface area contributed by atoms with E-state index < -0.39 is 0 Å². The second-order valence-corrected chi connectivity index (χ2v) is 6.25. The second kappa shape index (κ2) is 7.49. The third-order valence-electron chi connectivity index (χ3n) is 4.95. The maximum Gasteiger partial charge on any atom is 0.0304 e. The Bertz CT molecular complexity index is 223. The lowest BCUT2D eigenvalue weighted by molar-refractivity contribution is 0.0563. The summed E-state index contributed by atoms with van der Waals surface area (Å²) in [6.07, 6.45) is 6.44. The van der Waals surface area contributed by atoms with Crippen molar-refractivity contribution in [1.29, 1.82) is 0 Å². The minimum absolute atomic E-state index is 0.373. The van der Waals surface area contributed by atoms with E-state index in [-0.39, 0.29) is 0 Å². The molecule has 108 valence electrons. The smallest absolute Gasteiger partial charge is 0.0304 e. The van der Waals surface area contributed by atoms with Gasteiger partial charge in [-0.1, -0.05) is 47.5 Å². The zero-order chi connectivity index (χ0) is 13.6. The molecular weight excluding hydrogens is 220 g/mol. The first-order valence-electron chi connectivity index (χ1n) is 8.09. The molecule has 0 spiro atoms. The van der Waals surface area contributed by atoms with E-state index in [4.69, 9.17) is 0 Å². The molecule has 1 fully saturated rings. The zero-order valence-electron chi connectivity index (χ0n) is 13.3. The molecule has 0 aromatic heterocycles. The summed E-state index contributed by atoms with van der Waals surface area (Å²) in [5.41, 5.74) is 0.373. The maximum absolute atomic E-state index is 3.85. The number of rotatable bonds is 7. The van der Waals surface area contributed by atoms with E-state index in [0.29, 0.717) is 5.54 Å². The van der Waals surface area contributed by atoms with Gasteiger partial charge in [-0.3, -0.25) is 4.90 Å². The van der Waals surface area contributed by atoms with Crippen molar-refractivity contribution in [2.24, 2.45) is 5.92 Å². The molecule has 0 bridgehead atoms. The van der Waals surface area contributed by atoms with Crippen LogP contribution in [0.25, 0.3) is 0 Å². The van der Waals surface area contributed by atoms with E-state index in [1.54, 1.807) is 0 Å². The van der Waals surface area contributed by atoms with Crippen molar-refractivity contribution >= 4 is 0 Å². The Morgan fingerprint density at radius 1 is 1.22 bits per heavy atom. The predicted molar refractivity (Wildman–Crippen MR) is 81.0 cm³/mol. The van der Waals surface area contributed by atoms with Gasteiger partial charge in [0.05, 0.1) is 0 Å². The molecule has 0 radical (unpaired) electrons. The van der Waals surface area contributed by atoms with Crippen molar-refractivity contribution in [1.82, 2.24) is 10.2 Å². The monoisotopic (exact) mass is 254 g/mol. The van der Waals surface area contributed by atoms with E-state index in [2.05, 4.69) is 44.8 Å². The summed E-state index contributed by atoms with van der Waals surface area (Å²) in [6, 6.07) is 0.759. The molecular formula is C16H34N2. The molecule has 0 aliphatic carbocycles. The Kier molecular flexibility index (Phi) is 6.65. The highest BCUT2D eigenvalue weighted by atomic mass is 15.3. The first-order valence-corrected chi connectivity index (χ1v) is 8.09. The first kappa shape index (κ1) is 16.0. The third kappa shape index (κ3) is 3.96. The predicted octanol–water partition coefficient (Wildman–Crippen LogP) is 3.67. The lowest BCUT2D eigenvalue weighted by atomic mass is 9.87. The van der Waals surface area contributed by atoms with Gasteiger partial charge in [0.2, 0.25) is 0 Å². The van der Waals surface area contributed by atoms with Gasteiger partial charge >= 0.3 is 0 Å². The molecule has 2 unspecified atom stereocenters. The van der Waals surface area contributed by atoms with Gasteiger partial charge in [0.15, 0.2) is 0 Å². The fraction of sp³-hybridized carbons (Fsp3) is 1.00. The Hall–Kier alpha value is -0.0800. The molecule has 2 atom stereocenters. The quantitative estimate of drug-likeness (QED) is 0.746. The van der Waals surface area contributed by atoms with E-state index in [1.807, 2.05) is 0 Å². The van der Waals surface area contributed by atoms with E-state index in [0.717, 1.165) is 12.0 Å². The topological polar surface area (TPSA) is 15.3 Å². The minimum atomic E-state index is 0.373. The molecule has 0 amide bonds. The summed E-state index contributed by atoms with van der Waals surface area (Å²) in [5.74, 6) is 0.828. The van der Waals surface area contributed by atoms with Crippen molar-refractivity contribution in [3.05, 3.63) is 0 Å². The molecule has 0 aromatic carbocycles. The molecule has 2 heteroatoms. The fourth-order valence-electron chi connectivity index (χ4n) is 3.12. The Balaban J connectivity index is 2.69. The summed E-state index contributed by atoms with van der Waals surface area (Å²) >= 11 is 0. The summed E-state index contributed by atoms with van der Waals surface area (Å²) in [4.78, 5) is 2.78. The minimum Gasteiger partial charge on any atom is -0.308 e. The Morgan fingerprint density at radius 3 is 2.39 bits per heavy atom. The van der Waals surface area contributed by atoms with Gasteiger partial charge in [0.25, 0.3) is 0 Å². The van der Waals surface area contributed by atoms with E-state index >= 15 is 0 Å². The normalized spacial score (nSPS) is 26.2. The van der Waals surface area contributed by atoms with Crippen molar-refractivity contribution in [3.63, 3.8) is 0 Å². The second-order valence-electron chi connectivity index (χ2n) is 6.25. The van der Waals surface area contributed by atoms with Crippen LogP contribution in [-0.2, 0) is 0 Å². The Morgan fingerprint density at radius 2 is 1.89 bits per heavy atom. The van der Waals surface area contributed by atoms with Crippen LogP contribution in [0.3, 0.4) is 0 Å². The number of hydrogen-bond donors (Lipinski definition) is 1. The molecule has 1 saturated heterocycles. The average molecular weight is 254 g/mol. The highest BCUT2D eigenvalue weighted by Crippen LogP contribution is 2.25. The number of hydrogen-bond acceptors (Lipinski definition) is 2. The van der Waals surface area contributed by atoms with Gasteiger partial charge in [0.1, 0.15) is 0 Å². The fourth-order valence-corrected chi connectivity index (χ4v) is 3.12. The molecule has 1 aliphatic rings. The van der Waals surface area contributed by atoms with Crippen LogP contribution in [0, 0.1) is 5.92 Å². The largest absolute Gasteiger partial charge is 0.308 e. The van der Waals surface area contributed by atoms with Gasteiger partial charge in [-0.15, -0.1) is 0 Å². The third-order valence-corrected chi connectivity index (χ3v) is 4.95. The molecule has 18 heavy (non-hydrogen) atoms. The van der Waals surface area contributed by atoms with Crippen LogP contribution in [0.4, 0.5) is 0 Å². The van der Waals surface area contributed by atoms with Crippen molar-refractivity contribution < 1.29 is 0 Å². The van der Waals surface area contributed by atoms with Gasteiger partial charge in [-0.25, -0.2) is 0 Å². The molecule has 1 aliphatic heterocycles. The SMILES string of the molecule is CCCC1CNC(CC)(CC)CN1CC(C)CC. The molecule has 0 aromatic rings. The maximum atomic E-state index is 3.85. The molecule has 1 heterocycles. The highest BCUT2D eigenvalue weighted by molar-refractivity contribution is 4.96. The van der Waals surface area contributed by atoms with Crippen LogP contribution in [0.15, 0.2) is 0 Å². The summed E-state index contributed by atoms with van der Waals surface area (Å²) in [7, 11) is 0. The van der Waals surface area contributed by atoms with Crippen LogP contribution in [0.1, 0.15) is 66.7 Å². The van der Waals surface area contributed by atoms with Crippen LogP contribution in [0.2, 0.25) is 0 Å². The van der Waals surface area contributed by atoms with Gasteiger partial charge in [-0.2, -0.15) is 0 Å². The lowest BCUT2D eigenvalue weighted by Gasteiger charge is -2.48. The van der Waals surface area contributed by atoms with E-state index in [1.165, 1.54) is 51.7 Å². The summed E-state index contributed by atoms with van der Waals surface area (Å²) in [6.45, 7) is 15.4. The molecule has 1 N–H and O–H groups in total. The first-order chi connectivity index (χ1) is 8.60. The molecule has 0 saturated carbocycles. The van der Waals surface area contributed by atoms with Gasteiger partial charge in [0, 0.05) is 31.2 Å². The summed E-state index contributed by atoms with van der Waals surface area (Å²) in [5, 5.41) is 3.85. The van der Waals surface area contributed by atoms with E-state index in [9.17, 15) is 0 Å². The van der Waals surface area contributed by atoms with Crippen molar-refractivity contribution in [2.75, 3.05) is 19.6 Å². The Labute approximate surface area is 115 Å². The van der Waals surface area contributed by atoms with Crippen LogP contribution in [0.5, 0.6) is 0 Å². The van der Waals surface area contributed by atoms with Crippen molar-refractivity contribution in [3.8, 4) is 0 Å². The highest BCUT2D eigenvalue weighted by Gasteiger charge is 2.36. The van der Waals surface area contributed by atoms with Gasteiger partial charge in [-0.05, 0) is 25.2 Å². The molecule has 2 nitrogen and oxygen atoms in total. The number of nitrogens with zero attached hydrogens (tertiary/aromatic N) is 1. The van der Waals surface area contributed by atoms with Crippen LogP contribution >= 0.6 is 0 Å². The number of piperazine rings is 1. The van der Waals surface area contributed by atoms with Crippen LogP contribution < -0.4 is 5.32 Å². The van der Waals surface area contributed by atoms with Gasteiger partial charge < -0.3 is 5.32 Å². The summed E-state index contributed by atoms with van der Waals surface area (Å²) < 4.78 is 0. The zero-order valence-corrected chi connectivity index (χ0v) is 13.3. The molecule has 1 rings (SSSR count). The lowest BCUT2D eigenvalue weighted by Crippen LogP contribution is -2.64. The average Bonchev–Trinajstić information content (AvgIpc) is 2.41. The standard InChI is InChI=1S/C16H34N2/c1-6-10-15-11-17-16(8-3,9-4)13-18(15)12-14(5)7-2/h14-15,17H,6-13H2,1-5H3.